The smallest absolute Gasteiger partial charge is 0.118 e. The summed E-state index contributed by atoms with van der Waals surface area (Å²) in [7, 11) is 1.72. The van der Waals surface area contributed by atoms with Gasteiger partial charge in [0.15, 0.2) is 0 Å². The molecule has 0 aromatic heterocycles. The van der Waals surface area contributed by atoms with Gasteiger partial charge in [0, 0.05) is 5.92 Å². The first-order valence-corrected chi connectivity index (χ1v) is 8.16. The van der Waals surface area contributed by atoms with Crippen LogP contribution in [0.2, 0.25) is 0 Å². The van der Waals surface area contributed by atoms with Crippen LogP contribution in [0.25, 0.3) is 5.57 Å². The van der Waals surface area contributed by atoms with Crippen molar-refractivity contribution < 1.29 is 4.74 Å². The van der Waals surface area contributed by atoms with Crippen molar-refractivity contribution in [1.82, 2.24) is 0 Å². The predicted octanol–water partition coefficient (Wildman–Crippen LogP) is 5.66. The van der Waals surface area contributed by atoms with Gasteiger partial charge in [0.05, 0.1) is 7.11 Å². The van der Waals surface area contributed by atoms with E-state index in [-0.39, 0.29) is 0 Å². The zero-order valence-electron chi connectivity index (χ0n) is 13.7. The second kappa shape index (κ2) is 6.39. The summed E-state index contributed by atoms with van der Waals surface area (Å²) in [6, 6.07) is 17.4. The molecule has 0 spiro atoms. The van der Waals surface area contributed by atoms with Crippen molar-refractivity contribution in [3.05, 3.63) is 71.3 Å². The molecule has 0 aliphatic heterocycles. The van der Waals surface area contributed by atoms with Crippen LogP contribution in [-0.2, 0) is 0 Å². The molecule has 0 saturated carbocycles. The van der Waals surface area contributed by atoms with E-state index in [4.69, 9.17) is 4.74 Å². The number of rotatable bonds is 4. The van der Waals surface area contributed by atoms with Crippen LogP contribution in [0, 0.1) is 5.92 Å². The summed E-state index contributed by atoms with van der Waals surface area (Å²) in [4.78, 5) is 0. The van der Waals surface area contributed by atoms with E-state index in [2.05, 4.69) is 68.5 Å². The van der Waals surface area contributed by atoms with Gasteiger partial charge in [-0.3, -0.25) is 0 Å². The van der Waals surface area contributed by atoms with Gasteiger partial charge in [-0.25, -0.2) is 0 Å². The number of allylic oxidation sites excluding steroid dienone is 2. The lowest BCUT2D eigenvalue weighted by atomic mass is 9.72. The third-order valence-corrected chi connectivity index (χ3v) is 4.71. The Morgan fingerprint density at radius 2 is 1.73 bits per heavy atom. The Morgan fingerprint density at radius 1 is 1.00 bits per heavy atom. The van der Waals surface area contributed by atoms with Crippen molar-refractivity contribution in [3.63, 3.8) is 0 Å². The second-order valence-corrected chi connectivity index (χ2v) is 6.14. The minimum absolute atomic E-state index is 0.450. The lowest BCUT2D eigenvalue weighted by molar-refractivity contribution is 0.414. The Labute approximate surface area is 133 Å². The molecule has 0 heterocycles. The minimum Gasteiger partial charge on any atom is -0.497 e. The largest absolute Gasteiger partial charge is 0.497 e. The van der Waals surface area contributed by atoms with Crippen molar-refractivity contribution in [2.75, 3.05) is 7.11 Å². The van der Waals surface area contributed by atoms with Crippen LogP contribution in [0.5, 0.6) is 5.75 Å². The maximum atomic E-state index is 5.31. The zero-order valence-corrected chi connectivity index (χ0v) is 13.7. The Bertz CT molecular complexity index is 667. The molecule has 114 valence electrons. The summed E-state index contributed by atoms with van der Waals surface area (Å²) < 4.78 is 5.31. The van der Waals surface area contributed by atoms with Gasteiger partial charge in [0.2, 0.25) is 0 Å². The molecule has 1 aliphatic rings. The molecule has 1 heteroatoms. The van der Waals surface area contributed by atoms with Gasteiger partial charge in [-0.05, 0) is 53.7 Å². The molecule has 1 nitrogen and oxygen atoms in total. The van der Waals surface area contributed by atoms with Crippen LogP contribution in [-0.4, -0.2) is 7.11 Å². The van der Waals surface area contributed by atoms with E-state index in [0.29, 0.717) is 11.8 Å². The van der Waals surface area contributed by atoms with Gasteiger partial charge < -0.3 is 4.74 Å². The molecule has 0 amide bonds. The summed E-state index contributed by atoms with van der Waals surface area (Å²) in [5, 5.41) is 0. The van der Waals surface area contributed by atoms with E-state index in [1.54, 1.807) is 7.11 Å². The van der Waals surface area contributed by atoms with E-state index < -0.39 is 0 Å². The third-order valence-electron chi connectivity index (χ3n) is 4.71. The van der Waals surface area contributed by atoms with Crippen molar-refractivity contribution in [1.29, 1.82) is 0 Å². The fourth-order valence-corrected chi connectivity index (χ4v) is 3.69. The SMILES string of the molecule is CCC[C@H]1C=C(C)c2ccccc2[C@@H]1c1ccc(OC)cc1. The summed E-state index contributed by atoms with van der Waals surface area (Å²) >= 11 is 0. The summed E-state index contributed by atoms with van der Waals surface area (Å²) in [6.45, 7) is 4.51. The van der Waals surface area contributed by atoms with Crippen molar-refractivity contribution in [2.45, 2.75) is 32.6 Å². The molecule has 0 fully saturated rings. The lowest BCUT2D eigenvalue weighted by Gasteiger charge is -2.32. The molecular weight excluding hydrogens is 268 g/mol. The van der Waals surface area contributed by atoms with Gasteiger partial charge in [0.1, 0.15) is 5.75 Å². The second-order valence-electron chi connectivity index (χ2n) is 6.14. The van der Waals surface area contributed by atoms with E-state index in [9.17, 15) is 0 Å². The Morgan fingerprint density at radius 3 is 2.41 bits per heavy atom. The van der Waals surface area contributed by atoms with Crippen molar-refractivity contribution >= 4 is 5.57 Å². The van der Waals surface area contributed by atoms with Crippen LogP contribution in [0.15, 0.2) is 54.6 Å². The number of hydrogen-bond acceptors (Lipinski definition) is 1. The van der Waals surface area contributed by atoms with Gasteiger partial charge in [-0.15, -0.1) is 0 Å². The number of methoxy groups -OCH3 is 1. The average Bonchev–Trinajstić information content (AvgIpc) is 2.56. The highest BCUT2D eigenvalue weighted by Gasteiger charge is 2.28. The van der Waals surface area contributed by atoms with Gasteiger partial charge in [-0.1, -0.05) is 55.8 Å². The summed E-state index contributed by atoms with van der Waals surface area (Å²) in [5.74, 6) is 1.95. The van der Waals surface area contributed by atoms with E-state index >= 15 is 0 Å². The van der Waals surface area contributed by atoms with Gasteiger partial charge >= 0.3 is 0 Å². The highest BCUT2D eigenvalue weighted by Crippen LogP contribution is 2.44. The number of fused-ring (bicyclic) bond motifs is 1. The molecule has 1 aliphatic carbocycles. The highest BCUT2D eigenvalue weighted by molar-refractivity contribution is 5.71. The Kier molecular flexibility index (Phi) is 4.33. The molecule has 22 heavy (non-hydrogen) atoms. The molecule has 0 N–H and O–H groups in total. The first-order valence-electron chi connectivity index (χ1n) is 8.16. The van der Waals surface area contributed by atoms with Crippen LogP contribution >= 0.6 is 0 Å². The molecular formula is C21H24O. The maximum absolute atomic E-state index is 5.31. The van der Waals surface area contributed by atoms with Crippen molar-refractivity contribution in [3.8, 4) is 5.75 Å². The Balaban J connectivity index is 2.08. The van der Waals surface area contributed by atoms with E-state index in [1.165, 1.54) is 35.1 Å². The van der Waals surface area contributed by atoms with Gasteiger partial charge in [-0.2, -0.15) is 0 Å². The molecule has 0 unspecified atom stereocenters. The standard InChI is InChI=1S/C21H24O/c1-4-7-17-14-15(2)19-8-5-6-9-20(19)21(17)16-10-12-18(22-3)13-11-16/h5-6,8-14,17,21H,4,7H2,1-3H3/t17-,21+/m0/s1. The third kappa shape index (κ3) is 2.68. The molecule has 3 rings (SSSR count). The number of benzene rings is 2. The van der Waals surface area contributed by atoms with Crippen LogP contribution in [0.3, 0.4) is 0 Å². The first-order chi connectivity index (χ1) is 10.7. The zero-order chi connectivity index (χ0) is 15.5. The van der Waals surface area contributed by atoms with Crippen LogP contribution in [0.1, 0.15) is 49.3 Å². The quantitative estimate of drug-likeness (QED) is 0.706. The van der Waals surface area contributed by atoms with Gasteiger partial charge in [0.25, 0.3) is 0 Å². The molecule has 2 atom stereocenters. The van der Waals surface area contributed by atoms with Crippen LogP contribution in [0.4, 0.5) is 0 Å². The minimum atomic E-state index is 0.450. The predicted molar refractivity (Wildman–Crippen MR) is 93.3 cm³/mol. The Hall–Kier alpha value is -2.02. The van der Waals surface area contributed by atoms with Crippen LogP contribution < -0.4 is 4.74 Å². The van der Waals surface area contributed by atoms with Crippen molar-refractivity contribution in [2.24, 2.45) is 5.92 Å². The average molecular weight is 292 g/mol. The molecule has 2 aromatic carbocycles. The summed E-state index contributed by atoms with van der Waals surface area (Å²) in [6.07, 6.45) is 4.91. The van der Waals surface area contributed by atoms with E-state index in [0.717, 1.165) is 5.75 Å². The summed E-state index contributed by atoms with van der Waals surface area (Å²) in [5.41, 5.74) is 5.66. The molecule has 2 aromatic rings. The molecule has 0 radical (unpaired) electrons. The number of ether oxygens (including phenoxy) is 1. The van der Waals surface area contributed by atoms with E-state index in [1.807, 2.05) is 0 Å². The lowest BCUT2D eigenvalue weighted by Crippen LogP contribution is -2.18. The number of hydrogen-bond donors (Lipinski definition) is 0. The topological polar surface area (TPSA) is 9.23 Å². The molecule has 0 saturated heterocycles. The highest BCUT2D eigenvalue weighted by atomic mass is 16.5. The fraction of sp³-hybridized carbons (Fsp3) is 0.333. The molecule has 0 bridgehead atoms. The monoisotopic (exact) mass is 292 g/mol. The maximum Gasteiger partial charge on any atom is 0.118 e. The fourth-order valence-electron chi connectivity index (χ4n) is 3.69. The first kappa shape index (κ1) is 14.9. The normalized spacial score (nSPS) is 20.2.